The second kappa shape index (κ2) is 11.6. The first-order valence-electron chi connectivity index (χ1n) is 11.2. The lowest BCUT2D eigenvalue weighted by Gasteiger charge is -2.13. The van der Waals surface area contributed by atoms with Crippen LogP contribution >= 0.6 is 0 Å². The number of Topliss-reactive ketones (excluding diaryl/α,β-unsaturated/α-hetero) is 1. The van der Waals surface area contributed by atoms with E-state index >= 15 is 0 Å². The molecule has 1 N–H and O–H groups in total. The van der Waals surface area contributed by atoms with Crippen molar-refractivity contribution in [3.63, 3.8) is 0 Å². The van der Waals surface area contributed by atoms with E-state index in [9.17, 15) is 9.59 Å². The topological polar surface area (TPSA) is 68.3 Å². The molecule has 5 heteroatoms. The number of carbonyl (C=O) groups excluding carboxylic acids is 2. The number of rotatable bonds is 10. The summed E-state index contributed by atoms with van der Waals surface area (Å²) in [6.45, 7) is 0.355. The van der Waals surface area contributed by atoms with Crippen LogP contribution in [0.3, 0.4) is 0 Å². The Labute approximate surface area is 199 Å². The molecule has 0 saturated carbocycles. The van der Waals surface area contributed by atoms with E-state index in [1.807, 2.05) is 78.9 Å². The third-order valence-corrected chi connectivity index (χ3v) is 5.41. The van der Waals surface area contributed by atoms with Crippen LogP contribution in [-0.2, 0) is 24.2 Å². The van der Waals surface area contributed by atoms with Gasteiger partial charge in [0.05, 0.1) is 5.69 Å². The van der Waals surface area contributed by atoms with Gasteiger partial charge in [0.1, 0.15) is 18.1 Å². The van der Waals surface area contributed by atoms with Crippen molar-refractivity contribution >= 4 is 17.4 Å². The van der Waals surface area contributed by atoms with Gasteiger partial charge in [0.2, 0.25) is 0 Å². The van der Waals surface area contributed by atoms with Crippen molar-refractivity contribution in [2.75, 3.05) is 5.32 Å². The molecule has 4 rings (SSSR count). The Balaban J connectivity index is 1.29. The van der Waals surface area contributed by atoms with Gasteiger partial charge in [-0.25, -0.2) is 0 Å². The molecule has 0 saturated heterocycles. The van der Waals surface area contributed by atoms with Crippen molar-refractivity contribution in [3.8, 4) is 5.75 Å². The quantitative estimate of drug-likeness (QED) is 0.339. The zero-order valence-corrected chi connectivity index (χ0v) is 18.8. The lowest BCUT2D eigenvalue weighted by atomic mass is 10.0. The van der Waals surface area contributed by atoms with Gasteiger partial charge in [-0.05, 0) is 53.4 Å². The molecule has 0 radical (unpaired) electrons. The van der Waals surface area contributed by atoms with Gasteiger partial charge in [-0.15, -0.1) is 0 Å². The number of para-hydroxylation sites is 2. The summed E-state index contributed by atoms with van der Waals surface area (Å²) in [4.78, 5) is 28.9. The van der Waals surface area contributed by atoms with E-state index in [2.05, 4.69) is 10.3 Å². The number of anilines is 1. The van der Waals surface area contributed by atoms with E-state index in [1.54, 1.807) is 24.5 Å². The molecule has 0 unspecified atom stereocenters. The maximum atomic E-state index is 12.5. The van der Waals surface area contributed by atoms with Crippen LogP contribution in [-0.4, -0.2) is 16.7 Å². The monoisotopic (exact) mass is 450 g/mol. The van der Waals surface area contributed by atoms with Crippen molar-refractivity contribution in [2.24, 2.45) is 0 Å². The fourth-order valence-corrected chi connectivity index (χ4v) is 3.54. The highest BCUT2D eigenvalue weighted by atomic mass is 16.5. The highest BCUT2D eigenvalue weighted by molar-refractivity contribution is 6.04. The van der Waals surface area contributed by atoms with Gasteiger partial charge >= 0.3 is 0 Å². The molecule has 0 aliphatic heterocycles. The van der Waals surface area contributed by atoms with E-state index in [0.717, 1.165) is 16.7 Å². The van der Waals surface area contributed by atoms with Crippen LogP contribution in [0.25, 0.3) is 0 Å². The molecule has 170 valence electrons. The minimum atomic E-state index is -0.186. The maximum Gasteiger partial charge on any atom is 0.255 e. The molecule has 0 aliphatic rings. The van der Waals surface area contributed by atoms with Crippen molar-refractivity contribution < 1.29 is 14.3 Å². The summed E-state index contributed by atoms with van der Waals surface area (Å²) in [6, 6.07) is 28.2. The van der Waals surface area contributed by atoms with Crippen molar-refractivity contribution in [1.29, 1.82) is 0 Å². The molecule has 0 atom stereocenters. The first-order valence-corrected chi connectivity index (χ1v) is 11.2. The number of aromatic nitrogens is 1. The molecular weight excluding hydrogens is 424 g/mol. The highest BCUT2D eigenvalue weighted by Gasteiger charge is 2.10. The predicted molar refractivity (Wildman–Crippen MR) is 133 cm³/mol. The Hall–Kier alpha value is -4.25. The molecule has 4 aromatic rings. The van der Waals surface area contributed by atoms with Gasteiger partial charge in [-0.1, -0.05) is 60.7 Å². The number of ether oxygens (including phenoxy) is 1. The molecule has 0 aliphatic carbocycles. The number of pyridine rings is 1. The zero-order chi connectivity index (χ0) is 23.6. The smallest absolute Gasteiger partial charge is 0.255 e. The van der Waals surface area contributed by atoms with Gasteiger partial charge in [0, 0.05) is 30.8 Å². The summed E-state index contributed by atoms with van der Waals surface area (Å²) in [7, 11) is 0. The van der Waals surface area contributed by atoms with E-state index < -0.39 is 0 Å². The lowest BCUT2D eigenvalue weighted by molar-refractivity contribution is -0.118. The molecule has 0 bridgehead atoms. The van der Waals surface area contributed by atoms with Crippen molar-refractivity contribution in [1.82, 2.24) is 4.98 Å². The first kappa shape index (κ1) is 22.9. The van der Waals surface area contributed by atoms with Crippen LogP contribution in [0.1, 0.15) is 33.5 Å². The summed E-state index contributed by atoms with van der Waals surface area (Å²) in [6.07, 6.45) is 5.15. The second-order valence-corrected chi connectivity index (χ2v) is 8.00. The first-order chi connectivity index (χ1) is 16.7. The van der Waals surface area contributed by atoms with Crippen LogP contribution in [0.5, 0.6) is 5.75 Å². The fraction of sp³-hybridized carbons (Fsp3) is 0.138. The largest absolute Gasteiger partial charge is 0.487 e. The molecule has 34 heavy (non-hydrogen) atoms. The number of benzene rings is 3. The Morgan fingerprint density at radius 1 is 0.765 bits per heavy atom. The number of carbonyl (C=O) groups is 2. The Morgan fingerprint density at radius 2 is 1.50 bits per heavy atom. The molecular formula is C29H26N2O3. The standard InChI is InChI=1S/C29H26N2O3/c32-26(17-16-23-7-6-18-30-20-23)19-22-12-14-24(15-13-22)21-34-28-11-5-4-10-27(28)31-29(33)25-8-2-1-3-9-25/h1-15,18,20H,16-17,19,21H2,(H,31,33). The highest BCUT2D eigenvalue weighted by Crippen LogP contribution is 2.25. The minimum Gasteiger partial charge on any atom is -0.487 e. The summed E-state index contributed by atoms with van der Waals surface area (Å²) < 4.78 is 5.98. The van der Waals surface area contributed by atoms with E-state index in [-0.39, 0.29) is 11.7 Å². The third kappa shape index (κ3) is 6.62. The number of hydrogen-bond donors (Lipinski definition) is 1. The zero-order valence-electron chi connectivity index (χ0n) is 18.8. The second-order valence-electron chi connectivity index (χ2n) is 8.00. The lowest BCUT2D eigenvalue weighted by Crippen LogP contribution is -2.12. The molecule has 1 amide bonds. The van der Waals surface area contributed by atoms with Crippen molar-refractivity contribution in [2.45, 2.75) is 25.9 Å². The molecule has 0 spiro atoms. The van der Waals surface area contributed by atoms with E-state index in [1.165, 1.54) is 0 Å². The SMILES string of the molecule is O=C(CCc1cccnc1)Cc1ccc(COc2ccccc2NC(=O)c2ccccc2)cc1. The Morgan fingerprint density at radius 3 is 2.26 bits per heavy atom. The van der Waals surface area contributed by atoms with Crippen molar-refractivity contribution in [3.05, 3.63) is 126 Å². The summed E-state index contributed by atoms with van der Waals surface area (Å²) in [5, 5.41) is 2.91. The van der Waals surface area contributed by atoms with Crippen LogP contribution in [0, 0.1) is 0 Å². The van der Waals surface area contributed by atoms with Crippen LogP contribution in [0.4, 0.5) is 5.69 Å². The Bertz CT molecular complexity index is 1220. The van der Waals surface area contributed by atoms with Crippen LogP contribution in [0.15, 0.2) is 103 Å². The number of nitrogens with one attached hydrogen (secondary N) is 1. The van der Waals surface area contributed by atoms with Gasteiger partial charge in [0.15, 0.2) is 0 Å². The normalized spacial score (nSPS) is 10.5. The van der Waals surface area contributed by atoms with Gasteiger partial charge in [-0.2, -0.15) is 0 Å². The summed E-state index contributed by atoms with van der Waals surface area (Å²) in [5.41, 5.74) is 4.24. The molecule has 3 aromatic carbocycles. The number of amides is 1. The minimum absolute atomic E-state index is 0.186. The summed E-state index contributed by atoms with van der Waals surface area (Å²) in [5.74, 6) is 0.617. The Kier molecular flexibility index (Phi) is 7.80. The van der Waals surface area contributed by atoms with Crippen LogP contribution in [0.2, 0.25) is 0 Å². The molecule has 1 aromatic heterocycles. The maximum absolute atomic E-state index is 12.5. The fourth-order valence-electron chi connectivity index (χ4n) is 3.54. The number of hydrogen-bond acceptors (Lipinski definition) is 4. The predicted octanol–water partition coefficient (Wildman–Crippen LogP) is 5.66. The summed E-state index contributed by atoms with van der Waals surface area (Å²) >= 11 is 0. The average Bonchev–Trinajstić information content (AvgIpc) is 2.89. The van der Waals surface area contributed by atoms with Gasteiger partial charge in [0.25, 0.3) is 5.91 Å². The number of aryl methyl sites for hydroxylation is 1. The average molecular weight is 451 g/mol. The third-order valence-electron chi connectivity index (χ3n) is 5.41. The molecule has 5 nitrogen and oxygen atoms in total. The molecule has 1 heterocycles. The van der Waals surface area contributed by atoms with E-state index in [0.29, 0.717) is 42.9 Å². The number of ketones is 1. The van der Waals surface area contributed by atoms with E-state index in [4.69, 9.17) is 4.74 Å². The van der Waals surface area contributed by atoms with Crippen LogP contribution < -0.4 is 10.1 Å². The molecule has 0 fully saturated rings. The van der Waals surface area contributed by atoms with Gasteiger partial charge in [-0.3, -0.25) is 14.6 Å². The number of nitrogens with zero attached hydrogens (tertiary/aromatic N) is 1. The van der Waals surface area contributed by atoms with Gasteiger partial charge < -0.3 is 10.1 Å².